The Morgan fingerprint density at radius 3 is 2.40 bits per heavy atom. The molecule has 2 N–H and O–H groups in total. The Labute approximate surface area is 327 Å². The molecule has 3 aromatic rings. The van der Waals surface area contributed by atoms with Gasteiger partial charge in [0, 0.05) is 47.3 Å². The van der Waals surface area contributed by atoms with Crippen LogP contribution in [0.5, 0.6) is 5.75 Å². The van der Waals surface area contributed by atoms with Crippen LogP contribution in [0.1, 0.15) is 115 Å². The lowest BCUT2D eigenvalue weighted by Crippen LogP contribution is -2.77. The first-order valence-electron chi connectivity index (χ1n) is 19.3. The number of pyridine rings is 1. The second-order valence-electron chi connectivity index (χ2n) is 16.8. The molecule has 7 rings (SSSR count). The number of hydrogen-bond donors (Lipinski definition) is 1. The zero-order valence-corrected chi connectivity index (χ0v) is 32.8. The first kappa shape index (κ1) is 38.5. The number of benzene rings is 2. The molecule has 3 fully saturated rings. The first-order valence-corrected chi connectivity index (χ1v) is 19.7. The van der Waals surface area contributed by atoms with E-state index in [1.165, 1.54) is 10.5 Å². The van der Waals surface area contributed by atoms with Gasteiger partial charge in [0.2, 0.25) is 11.8 Å². The van der Waals surface area contributed by atoms with Gasteiger partial charge in [-0.1, -0.05) is 51.4 Å². The van der Waals surface area contributed by atoms with Crippen LogP contribution >= 0.6 is 11.6 Å². The van der Waals surface area contributed by atoms with Crippen molar-refractivity contribution in [3.8, 4) is 11.8 Å². The monoisotopic (exact) mass is 764 g/mol. The fraction of sp³-hybridized carbons (Fsp3) is 0.488. The molecule has 1 saturated carbocycles. The molecule has 1 aromatic heterocycles. The topological polar surface area (TPSA) is 150 Å². The highest BCUT2D eigenvalue weighted by Gasteiger charge is 2.68. The summed E-state index contributed by atoms with van der Waals surface area (Å²) in [5.41, 5.74) is 8.68. The number of imide groups is 1. The van der Waals surface area contributed by atoms with Crippen LogP contribution in [0.15, 0.2) is 54.7 Å². The number of hydrogen-bond acceptors (Lipinski definition) is 8. The number of ether oxygens (including phenoxy) is 1. The minimum atomic E-state index is -0.724. The molecule has 11 nitrogen and oxygen atoms in total. The SMILES string of the molecule is CC1(C)C(Oc2ccc(C#N)c(Cl)c2)C(C)(C)C1N1C(=O)CCC(N2Cc3cc(C4CCN(CCCCc5ccc(C(N)=O)cn5)CC4)ccc3C2=O)C1=O. The van der Waals surface area contributed by atoms with Gasteiger partial charge in [-0.05, 0) is 106 Å². The number of aryl methyl sites for hydroxylation is 1. The van der Waals surface area contributed by atoms with E-state index >= 15 is 0 Å². The van der Waals surface area contributed by atoms with Crippen LogP contribution in [0.25, 0.3) is 0 Å². The zero-order valence-electron chi connectivity index (χ0n) is 32.0. The average molecular weight is 765 g/mol. The number of fused-ring (bicyclic) bond motifs is 1. The third-order valence-corrected chi connectivity index (χ3v) is 12.7. The molecule has 0 bridgehead atoms. The number of carbonyl (C=O) groups is 4. The standard InChI is InChI=1S/C43H49ClN6O5/c1-42(2)40(43(3,4)41(42)55-32-12-9-28(23-45)34(44)22-32)50-36(51)15-14-35(39(50)54)49-25-30-21-27(10-13-33(30)38(49)53)26-16-19-48(20-17-26)18-6-5-7-31-11-8-29(24-47-31)37(46)52/h8-13,21-22,24,26,35,40-41H,5-7,14-20,25H2,1-4H3,(H2,46,52). The molecule has 12 heteroatoms. The van der Waals surface area contributed by atoms with Crippen molar-refractivity contribution in [3.63, 3.8) is 0 Å². The summed E-state index contributed by atoms with van der Waals surface area (Å²) in [6.07, 6.45) is 6.72. The van der Waals surface area contributed by atoms with E-state index in [0.29, 0.717) is 46.3 Å². The number of aromatic nitrogens is 1. The summed E-state index contributed by atoms with van der Waals surface area (Å²) in [4.78, 5) is 63.0. The fourth-order valence-corrected chi connectivity index (χ4v) is 10.2. The van der Waals surface area contributed by atoms with Crippen LogP contribution in [0.4, 0.5) is 0 Å². The molecule has 4 heterocycles. The van der Waals surface area contributed by atoms with Gasteiger partial charge in [-0.3, -0.25) is 29.1 Å². The summed E-state index contributed by atoms with van der Waals surface area (Å²) >= 11 is 6.28. The first-order chi connectivity index (χ1) is 26.2. The molecule has 4 amide bonds. The smallest absolute Gasteiger partial charge is 0.255 e. The van der Waals surface area contributed by atoms with Gasteiger partial charge in [0.15, 0.2) is 0 Å². The number of nitrogens with two attached hydrogens (primary N) is 1. The van der Waals surface area contributed by atoms with Crippen LogP contribution in [-0.4, -0.2) is 81.1 Å². The molecular weight excluding hydrogens is 716 g/mol. The molecule has 3 aliphatic heterocycles. The second-order valence-corrected chi connectivity index (χ2v) is 17.2. The largest absolute Gasteiger partial charge is 0.489 e. The number of halogens is 1. The van der Waals surface area contributed by atoms with Crippen molar-refractivity contribution in [1.29, 1.82) is 5.26 Å². The van der Waals surface area contributed by atoms with E-state index < -0.39 is 28.8 Å². The van der Waals surface area contributed by atoms with Gasteiger partial charge >= 0.3 is 0 Å². The number of rotatable bonds is 11. The summed E-state index contributed by atoms with van der Waals surface area (Å²) in [5.74, 6) is -0.250. The molecule has 288 valence electrons. The van der Waals surface area contributed by atoms with E-state index in [2.05, 4.69) is 28.1 Å². The van der Waals surface area contributed by atoms with Crippen molar-refractivity contribution in [3.05, 3.63) is 93.3 Å². The van der Waals surface area contributed by atoms with Crippen molar-refractivity contribution >= 4 is 35.2 Å². The predicted octanol–water partition coefficient (Wildman–Crippen LogP) is 6.26. The van der Waals surface area contributed by atoms with E-state index in [4.69, 9.17) is 22.1 Å². The molecule has 1 aliphatic carbocycles. The molecule has 2 aromatic carbocycles. The quantitative estimate of drug-likeness (QED) is 0.178. The van der Waals surface area contributed by atoms with Crippen LogP contribution in [0.3, 0.4) is 0 Å². The lowest BCUT2D eigenvalue weighted by atomic mass is 9.48. The lowest BCUT2D eigenvalue weighted by molar-refractivity contribution is -0.216. The van der Waals surface area contributed by atoms with Crippen molar-refractivity contribution in [2.75, 3.05) is 19.6 Å². The average Bonchev–Trinajstić information content (AvgIpc) is 3.49. The third-order valence-electron chi connectivity index (χ3n) is 12.4. The molecule has 0 spiro atoms. The molecule has 1 atom stereocenters. The predicted molar refractivity (Wildman–Crippen MR) is 207 cm³/mol. The van der Waals surface area contributed by atoms with Gasteiger partial charge in [-0.15, -0.1) is 0 Å². The normalized spacial score (nSPS) is 23.6. The van der Waals surface area contributed by atoms with Crippen LogP contribution in [0, 0.1) is 22.2 Å². The fourth-order valence-electron chi connectivity index (χ4n) is 9.94. The van der Waals surface area contributed by atoms with Gasteiger partial charge in [-0.2, -0.15) is 5.26 Å². The van der Waals surface area contributed by atoms with Gasteiger partial charge in [0.25, 0.3) is 11.8 Å². The van der Waals surface area contributed by atoms with Crippen LogP contribution in [0.2, 0.25) is 5.02 Å². The highest BCUT2D eigenvalue weighted by Crippen LogP contribution is 2.58. The van der Waals surface area contributed by atoms with Crippen LogP contribution < -0.4 is 10.5 Å². The number of primary amides is 1. The molecule has 1 unspecified atom stereocenters. The summed E-state index contributed by atoms with van der Waals surface area (Å²) in [6, 6.07) is 15.6. The Bertz CT molecular complexity index is 2030. The van der Waals surface area contributed by atoms with Gasteiger partial charge in [0.1, 0.15) is 24.0 Å². The number of nitrogens with zero attached hydrogens (tertiary/aromatic N) is 5. The van der Waals surface area contributed by atoms with E-state index in [1.807, 2.05) is 39.8 Å². The number of carbonyl (C=O) groups excluding carboxylic acids is 4. The highest BCUT2D eigenvalue weighted by molar-refractivity contribution is 6.31. The Hall–Kier alpha value is -4.79. The zero-order chi connectivity index (χ0) is 39.2. The summed E-state index contributed by atoms with van der Waals surface area (Å²) in [7, 11) is 0. The van der Waals surface area contributed by atoms with Crippen molar-refractivity contribution in [2.45, 2.75) is 103 Å². The number of nitriles is 1. The summed E-state index contributed by atoms with van der Waals surface area (Å²) in [6.45, 7) is 11.4. The Morgan fingerprint density at radius 2 is 1.75 bits per heavy atom. The molecule has 55 heavy (non-hydrogen) atoms. The Balaban J connectivity index is 0.950. The van der Waals surface area contributed by atoms with E-state index in [-0.39, 0.29) is 30.2 Å². The maximum Gasteiger partial charge on any atom is 0.255 e. The molecule has 2 saturated heterocycles. The number of unbranched alkanes of at least 4 members (excludes halogenated alkanes) is 1. The van der Waals surface area contributed by atoms with E-state index in [0.717, 1.165) is 63.0 Å². The maximum absolute atomic E-state index is 14.4. The Morgan fingerprint density at radius 1 is 1.00 bits per heavy atom. The van der Waals surface area contributed by atoms with Crippen molar-refractivity contribution < 1.29 is 23.9 Å². The van der Waals surface area contributed by atoms with E-state index in [1.54, 1.807) is 35.4 Å². The molecular formula is C43H49ClN6O5. The minimum absolute atomic E-state index is 0.158. The number of amides is 4. The van der Waals surface area contributed by atoms with Gasteiger partial charge in [0.05, 0.1) is 22.2 Å². The number of piperidine rings is 2. The van der Waals surface area contributed by atoms with E-state index in [9.17, 15) is 24.4 Å². The van der Waals surface area contributed by atoms with Gasteiger partial charge < -0.3 is 20.3 Å². The van der Waals surface area contributed by atoms with Crippen molar-refractivity contribution in [2.24, 2.45) is 16.6 Å². The minimum Gasteiger partial charge on any atom is -0.489 e. The molecule has 0 radical (unpaired) electrons. The third kappa shape index (κ3) is 7.22. The number of likely N-dealkylation sites (tertiary alicyclic amines) is 2. The summed E-state index contributed by atoms with van der Waals surface area (Å²) in [5, 5.41) is 9.57. The lowest BCUT2D eigenvalue weighted by Gasteiger charge is -2.66. The highest BCUT2D eigenvalue weighted by atomic mass is 35.5. The maximum atomic E-state index is 14.4. The summed E-state index contributed by atoms with van der Waals surface area (Å²) < 4.78 is 6.43. The Kier molecular flexibility index (Phi) is 10.5. The molecule has 4 aliphatic rings. The van der Waals surface area contributed by atoms with Crippen molar-refractivity contribution in [1.82, 2.24) is 19.7 Å². The second kappa shape index (κ2) is 15.0. The van der Waals surface area contributed by atoms with Gasteiger partial charge in [-0.25, -0.2) is 0 Å². The van der Waals surface area contributed by atoms with Crippen LogP contribution in [-0.2, 0) is 22.6 Å².